The highest BCUT2D eigenvalue weighted by atomic mass is 16.2. The van der Waals surface area contributed by atoms with Gasteiger partial charge in [0.25, 0.3) is 5.56 Å². The van der Waals surface area contributed by atoms with Crippen LogP contribution in [0.5, 0.6) is 0 Å². The summed E-state index contributed by atoms with van der Waals surface area (Å²) in [7, 11) is 0. The van der Waals surface area contributed by atoms with Crippen molar-refractivity contribution in [3.8, 4) is 0 Å². The Morgan fingerprint density at radius 1 is 1.06 bits per heavy atom. The SMILES string of the molecule is CCCn1c(=O)c2[nH]c(Cc3ccccc3NC(C)=O)nc2n(CCc2ccc(N)cc2)c1=O. The van der Waals surface area contributed by atoms with Crippen molar-refractivity contribution in [3.05, 3.63) is 86.3 Å². The lowest BCUT2D eigenvalue weighted by Gasteiger charge is -2.11. The smallest absolute Gasteiger partial charge is 0.332 e. The number of para-hydroxylation sites is 1. The van der Waals surface area contributed by atoms with Gasteiger partial charge in [-0.1, -0.05) is 37.3 Å². The van der Waals surface area contributed by atoms with Crippen LogP contribution in [0.4, 0.5) is 11.4 Å². The van der Waals surface area contributed by atoms with Gasteiger partial charge in [-0.05, 0) is 42.2 Å². The Morgan fingerprint density at radius 3 is 2.50 bits per heavy atom. The monoisotopic (exact) mass is 460 g/mol. The van der Waals surface area contributed by atoms with Crippen LogP contribution in [-0.2, 0) is 30.7 Å². The molecule has 0 spiro atoms. The number of imidazole rings is 1. The molecular weight excluding hydrogens is 432 g/mol. The van der Waals surface area contributed by atoms with Gasteiger partial charge in [0.2, 0.25) is 5.91 Å². The van der Waals surface area contributed by atoms with E-state index in [1.54, 1.807) is 4.57 Å². The number of nitrogen functional groups attached to an aromatic ring is 1. The van der Waals surface area contributed by atoms with Gasteiger partial charge in [-0.25, -0.2) is 9.78 Å². The summed E-state index contributed by atoms with van der Waals surface area (Å²) in [6.07, 6.45) is 1.61. The number of amides is 1. The van der Waals surface area contributed by atoms with E-state index >= 15 is 0 Å². The minimum Gasteiger partial charge on any atom is -0.399 e. The van der Waals surface area contributed by atoms with Gasteiger partial charge in [0.1, 0.15) is 11.3 Å². The van der Waals surface area contributed by atoms with Crippen molar-refractivity contribution in [2.45, 2.75) is 46.2 Å². The van der Waals surface area contributed by atoms with Gasteiger partial charge in [-0.2, -0.15) is 0 Å². The van der Waals surface area contributed by atoms with E-state index in [1.165, 1.54) is 11.5 Å². The maximum atomic E-state index is 13.2. The largest absolute Gasteiger partial charge is 0.399 e. The highest BCUT2D eigenvalue weighted by Crippen LogP contribution is 2.19. The van der Waals surface area contributed by atoms with E-state index in [0.717, 1.165) is 11.1 Å². The average Bonchev–Trinajstić information content (AvgIpc) is 3.22. The van der Waals surface area contributed by atoms with E-state index in [-0.39, 0.29) is 17.2 Å². The van der Waals surface area contributed by atoms with Crippen molar-refractivity contribution in [3.63, 3.8) is 0 Å². The third-order valence-electron chi connectivity index (χ3n) is 5.65. The van der Waals surface area contributed by atoms with Crippen molar-refractivity contribution >= 4 is 28.4 Å². The number of aromatic nitrogens is 4. The van der Waals surface area contributed by atoms with E-state index in [2.05, 4.69) is 15.3 Å². The first kappa shape index (κ1) is 23.0. The Labute approximate surface area is 196 Å². The van der Waals surface area contributed by atoms with Crippen LogP contribution < -0.4 is 22.3 Å². The van der Waals surface area contributed by atoms with Crippen LogP contribution in [0.1, 0.15) is 37.2 Å². The lowest BCUT2D eigenvalue weighted by atomic mass is 10.1. The fourth-order valence-corrected chi connectivity index (χ4v) is 4.01. The molecule has 0 saturated carbocycles. The summed E-state index contributed by atoms with van der Waals surface area (Å²) < 4.78 is 2.82. The number of nitrogens with one attached hydrogen (secondary N) is 2. The summed E-state index contributed by atoms with van der Waals surface area (Å²) in [6, 6.07) is 14.9. The highest BCUT2D eigenvalue weighted by Gasteiger charge is 2.18. The molecule has 34 heavy (non-hydrogen) atoms. The Morgan fingerprint density at radius 2 is 1.79 bits per heavy atom. The van der Waals surface area contributed by atoms with Gasteiger partial charge in [-0.15, -0.1) is 0 Å². The minimum atomic E-state index is -0.375. The number of hydrogen-bond donors (Lipinski definition) is 3. The number of carbonyl (C=O) groups is 1. The summed E-state index contributed by atoms with van der Waals surface area (Å²) in [5.41, 5.74) is 8.91. The molecule has 4 rings (SSSR count). The number of aromatic amines is 1. The van der Waals surface area contributed by atoms with Crippen molar-refractivity contribution in [2.24, 2.45) is 0 Å². The standard InChI is InChI=1S/C25H28N6O3/c1-3-13-31-24(33)22-23(30(25(31)34)14-12-17-8-10-19(26)11-9-17)29-21(28-22)15-18-6-4-5-7-20(18)27-16(2)32/h4-11H,3,12-15,26H2,1-2H3,(H,27,32)(H,28,29). The van der Waals surface area contributed by atoms with E-state index in [4.69, 9.17) is 5.73 Å². The zero-order valence-corrected chi connectivity index (χ0v) is 19.3. The third-order valence-corrected chi connectivity index (χ3v) is 5.65. The van der Waals surface area contributed by atoms with E-state index in [0.29, 0.717) is 60.7 Å². The third kappa shape index (κ3) is 4.78. The normalized spacial score (nSPS) is 11.1. The highest BCUT2D eigenvalue weighted by molar-refractivity contribution is 5.89. The summed E-state index contributed by atoms with van der Waals surface area (Å²) in [6.45, 7) is 4.07. The number of aryl methyl sites for hydroxylation is 2. The molecule has 1 amide bonds. The second-order valence-electron chi connectivity index (χ2n) is 8.28. The number of H-pyrrole nitrogens is 1. The average molecular weight is 461 g/mol. The van der Waals surface area contributed by atoms with Crippen molar-refractivity contribution < 1.29 is 4.79 Å². The first-order valence-corrected chi connectivity index (χ1v) is 11.3. The Balaban J connectivity index is 1.76. The second kappa shape index (κ2) is 9.78. The molecule has 0 bridgehead atoms. The van der Waals surface area contributed by atoms with Gasteiger partial charge in [0.05, 0.1) is 0 Å². The van der Waals surface area contributed by atoms with E-state index < -0.39 is 0 Å². The molecule has 0 fully saturated rings. The summed E-state index contributed by atoms with van der Waals surface area (Å²) >= 11 is 0. The zero-order chi connectivity index (χ0) is 24.2. The molecule has 2 heterocycles. The minimum absolute atomic E-state index is 0.170. The van der Waals surface area contributed by atoms with Crippen LogP contribution in [0.3, 0.4) is 0 Å². The van der Waals surface area contributed by atoms with E-state index in [1.807, 2.05) is 55.5 Å². The van der Waals surface area contributed by atoms with Gasteiger partial charge >= 0.3 is 5.69 Å². The number of rotatable bonds is 8. The molecule has 9 nitrogen and oxygen atoms in total. The van der Waals surface area contributed by atoms with Crippen LogP contribution in [-0.4, -0.2) is 25.0 Å². The molecule has 0 unspecified atom stereocenters. The van der Waals surface area contributed by atoms with E-state index in [9.17, 15) is 14.4 Å². The molecule has 0 saturated heterocycles. The first-order valence-electron chi connectivity index (χ1n) is 11.3. The van der Waals surface area contributed by atoms with Crippen LogP contribution in [0, 0.1) is 0 Å². The fraction of sp³-hybridized carbons (Fsp3) is 0.280. The number of fused-ring (bicyclic) bond motifs is 1. The van der Waals surface area contributed by atoms with Crippen molar-refractivity contribution in [1.82, 2.24) is 19.1 Å². The Bertz CT molecular complexity index is 1450. The molecule has 9 heteroatoms. The van der Waals surface area contributed by atoms with Gasteiger partial charge < -0.3 is 16.0 Å². The maximum Gasteiger partial charge on any atom is 0.332 e. The first-order chi connectivity index (χ1) is 16.4. The molecule has 0 atom stereocenters. The molecule has 2 aromatic carbocycles. The predicted octanol–water partition coefficient (Wildman–Crippen LogP) is 2.67. The summed E-state index contributed by atoms with van der Waals surface area (Å²) in [5.74, 6) is 0.371. The number of benzene rings is 2. The molecule has 2 aromatic heterocycles. The topological polar surface area (TPSA) is 128 Å². The number of hydrogen-bond acceptors (Lipinski definition) is 5. The Hall–Kier alpha value is -4.14. The fourth-order valence-electron chi connectivity index (χ4n) is 4.01. The van der Waals surface area contributed by atoms with Gasteiger partial charge in [0.15, 0.2) is 5.65 Å². The molecule has 0 aliphatic rings. The van der Waals surface area contributed by atoms with Crippen LogP contribution in [0.25, 0.3) is 11.2 Å². The quantitative estimate of drug-likeness (QED) is 0.348. The van der Waals surface area contributed by atoms with Gasteiger partial charge in [0, 0.05) is 37.8 Å². The number of nitrogens with zero attached hydrogens (tertiary/aromatic N) is 3. The maximum absolute atomic E-state index is 13.2. The molecule has 0 radical (unpaired) electrons. The number of carbonyl (C=O) groups excluding carboxylic acids is 1. The van der Waals surface area contributed by atoms with Crippen LogP contribution in [0.15, 0.2) is 58.1 Å². The lowest BCUT2D eigenvalue weighted by molar-refractivity contribution is -0.114. The van der Waals surface area contributed by atoms with Crippen molar-refractivity contribution in [2.75, 3.05) is 11.1 Å². The van der Waals surface area contributed by atoms with Gasteiger partial charge in [-0.3, -0.25) is 18.7 Å². The zero-order valence-electron chi connectivity index (χ0n) is 19.3. The predicted molar refractivity (Wildman–Crippen MR) is 133 cm³/mol. The van der Waals surface area contributed by atoms with Crippen LogP contribution in [0.2, 0.25) is 0 Å². The molecule has 4 aromatic rings. The Kier molecular flexibility index (Phi) is 6.62. The molecular formula is C25H28N6O3. The van der Waals surface area contributed by atoms with Crippen LogP contribution >= 0.6 is 0 Å². The molecule has 4 N–H and O–H groups in total. The molecule has 176 valence electrons. The second-order valence-corrected chi connectivity index (χ2v) is 8.28. The van der Waals surface area contributed by atoms with Crippen molar-refractivity contribution in [1.29, 1.82) is 0 Å². The number of anilines is 2. The number of nitrogens with two attached hydrogens (primary N) is 1. The summed E-state index contributed by atoms with van der Waals surface area (Å²) in [5, 5.41) is 2.82. The lowest BCUT2D eigenvalue weighted by Crippen LogP contribution is -2.40. The summed E-state index contributed by atoms with van der Waals surface area (Å²) in [4.78, 5) is 45.6. The molecule has 0 aliphatic carbocycles. The molecule has 0 aliphatic heterocycles.